The van der Waals surface area contributed by atoms with E-state index in [4.69, 9.17) is 9.72 Å². The number of H-pyrrole nitrogens is 1. The predicted molar refractivity (Wildman–Crippen MR) is 82.5 cm³/mol. The maximum atomic E-state index is 5.41. The SMILES string of the molecule is c1cc([C@@H]2CCCN2)sc1-c1n[nH]c(C2CCOCC2)n1. The van der Waals surface area contributed by atoms with Gasteiger partial charge in [-0.1, -0.05) is 0 Å². The molecule has 21 heavy (non-hydrogen) atoms. The average molecular weight is 304 g/mol. The van der Waals surface area contributed by atoms with Crippen molar-refractivity contribution < 1.29 is 4.74 Å². The van der Waals surface area contributed by atoms with Crippen LogP contribution >= 0.6 is 11.3 Å². The summed E-state index contributed by atoms with van der Waals surface area (Å²) in [5.74, 6) is 2.32. The molecule has 2 saturated heterocycles. The quantitative estimate of drug-likeness (QED) is 0.915. The number of aromatic amines is 1. The van der Waals surface area contributed by atoms with Crippen LogP contribution in [0.25, 0.3) is 10.7 Å². The zero-order chi connectivity index (χ0) is 14.1. The van der Waals surface area contributed by atoms with Crippen molar-refractivity contribution in [2.24, 2.45) is 0 Å². The molecule has 0 aliphatic carbocycles. The number of thiophene rings is 1. The molecule has 0 radical (unpaired) electrons. The summed E-state index contributed by atoms with van der Waals surface area (Å²) in [4.78, 5) is 7.28. The van der Waals surface area contributed by atoms with Crippen molar-refractivity contribution in [1.29, 1.82) is 0 Å². The van der Waals surface area contributed by atoms with Crippen LogP contribution < -0.4 is 5.32 Å². The van der Waals surface area contributed by atoms with E-state index < -0.39 is 0 Å². The lowest BCUT2D eigenvalue weighted by Crippen LogP contribution is -2.15. The van der Waals surface area contributed by atoms with E-state index in [1.54, 1.807) is 0 Å². The minimum absolute atomic E-state index is 0.468. The van der Waals surface area contributed by atoms with Crippen LogP contribution in [-0.2, 0) is 4.74 Å². The van der Waals surface area contributed by atoms with E-state index in [0.29, 0.717) is 12.0 Å². The zero-order valence-corrected chi connectivity index (χ0v) is 12.8. The van der Waals surface area contributed by atoms with Crippen LogP contribution in [-0.4, -0.2) is 34.9 Å². The Bertz CT molecular complexity index is 596. The van der Waals surface area contributed by atoms with Crippen LogP contribution in [0, 0.1) is 0 Å². The molecule has 112 valence electrons. The van der Waals surface area contributed by atoms with Gasteiger partial charge < -0.3 is 10.1 Å². The van der Waals surface area contributed by atoms with Crippen LogP contribution in [0.3, 0.4) is 0 Å². The van der Waals surface area contributed by atoms with Crippen molar-refractivity contribution in [3.05, 3.63) is 22.8 Å². The smallest absolute Gasteiger partial charge is 0.191 e. The zero-order valence-electron chi connectivity index (χ0n) is 12.0. The lowest BCUT2D eigenvalue weighted by atomic mass is 10.00. The third-order valence-corrected chi connectivity index (χ3v) is 5.56. The molecule has 2 aromatic rings. The van der Waals surface area contributed by atoms with E-state index in [9.17, 15) is 0 Å². The largest absolute Gasteiger partial charge is 0.381 e. The molecule has 0 bridgehead atoms. The summed E-state index contributed by atoms with van der Waals surface area (Å²) in [6.45, 7) is 2.79. The third kappa shape index (κ3) is 2.75. The first kappa shape index (κ1) is 13.4. The Kier molecular flexibility index (Phi) is 3.75. The van der Waals surface area contributed by atoms with E-state index in [-0.39, 0.29) is 0 Å². The van der Waals surface area contributed by atoms with Gasteiger partial charge >= 0.3 is 0 Å². The van der Waals surface area contributed by atoms with Gasteiger partial charge in [0.1, 0.15) is 5.82 Å². The van der Waals surface area contributed by atoms with Crippen molar-refractivity contribution >= 4 is 11.3 Å². The van der Waals surface area contributed by atoms with E-state index in [1.807, 2.05) is 11.3 Å². The first-order valence-corrected chi connectivity index (χ1v) is 8.55. The van der Waals surface area contributed by atoms with Crippen molar-refractivity contribution in [2.75, 3.05) is 19.8 Å². The van der Waals surface area contributed by atoms with Crippen LogP contribution in [0.1, 0.15) is 48.3 Å². The first-order valence-electron chi connectivity index (χ1n) is 7.74. The lowest BCUT2D eigenvalue weighted by Gasteiger charge is -2.19. The molecule has 2 fully saturated rings. The van der Waals surface area contributed by atoms with Crippen molar-refractivity contribution in [2.45, 2.75) is 37.6 Å². The van der Waals surface area contributed by atoms with Crippen LogP contribution in [0.2, 0.25) is 0 Å². The molecule has 4 rings (SSSR count). The highest BCUT2D eigenvalue weighted by Crippen LogP contribution is 2.34. The summed E-state index contributed by atoms with van der Waals surface area (Å²) < 4.78 is 5.41. The molecular weight excluding hydrogens is 284 g/mol. The lowest BCUT2D eigenvalue weighted by molar-refractivity contribution is 0.0836. The van der Waals surface area contributed by atoms with Crippen molar-refractivity contribution in [3.8, 4) is 10.7 Å². The number of aromatic nitrogens is 3. The molecule has 2 N–H and O–H groups in total. The molecule has 0 amide bonds. The Morgan fingerprint density at radius 1 is 1.19 bits per heavy atom. The second-order valence-corrected chi connectivity index (χ2v) is 6.90. The molecule has 0 unspecified atom stereocenters. The average Bonchev–Trinajstić information content (AvgIpc) is 3.27. The summed E-state index contributed by atoms with van der Waals surface area (Å²) >= 11 is 1.81. The third-order valence-electron chi connectivity index (χ3n) is 4.36. The molecule has 1 atom stereocenters. The fraction of sp³-hybridized carbons (Fsp3) is 0.600. The van der Waals surface area contributed by atoms with Gasteiger partial charge in [-0.05, 0) is 44.4 Å². The highest BCUT2D eigenvalue weighted by Gasteiger charge is 2.22. The Morgan fingerprint density at radius 2 is 2.10 bits per heavy atom. The summed E-state index contributed by atoms with van der Waals surface area (Å²) in [7, 11) is 0. The number of nitrogens with one attached hydrogen (secondary N) is 2. The number of hydrogen-bond donors (Lipinski definition) is 2. The Hall–Kier alpha value is -1.24. The maximum absolute atomic E-state index is 5.41. The summed E-state index contributed by atoms with van der Waals surface area (Å²) in [5, 5.41) is 11.1. The number of hydrogen-bond acceptors (Lipinski definition) is 5. The minimum atomic E-state index is 0.468. The summed E-state index contributed by atoms with van der Waals surface area (Å²) in [6, 6.07) is 4.89. The van der Waals surface area contributed by atoms with E-state index in [0.717, 1.165) is 49.1 Å². The van der Waals surface area contributed by atoms with E-state index in [2.05, 4.69) is 27.6 Å². The molecule has 2 aromatic heterocycles. The minimum Gasteiger partial charge on any atom is -0.381 e. The van der Waals surface area contributed by atoms with E-state index >= 15 is 0 Å². The molecule has 5 nitrogen and oxygen atoms in total. The second-order valence-electron chi connectivity index (χ2n) is 5.78. The molecule has 0 saturated carbocycles. The molecule has 2 aliphatic heterocycles. The van der Waals surface area contributed by atoms with Gasteiger partial charge in [-0.3, -0.25) is 5.10 Å². The number of nitrogens with zero attached hydrogens (tertiary/aromatic N) is 2. The van der Waals surface area contributed by atoms with Gasteiger partial charge in [0.2, 0.25) is 0 Å². The predicted octanol–water partition coefficient (Wildman–Crippen LogP) is 2.85. The van der Waals surface area contributed by atoms with Gasteiger partial charge in [0.15, 0.2) is 5.82 Å². The van der Waals surface area contributed by atoms with Gasteiger partial charge in [-0.15, -0.1) is 11.3 Å². The van der Waals surface area contributed by atoms with Crippen LogP contribution in [0.5, 0.6) is 0 Å². The van der Waals surface area contributed by atoms with Gasteiger partial charge in [0.25, 0.3) is 0 Å². The molecular formula is C15H20N4OS. The number of rotatable bonds is 3. The van der Waals surface area contributed by atoms with Gasteiger partial charge in [0.05, 0.1) is 4.88 Å². The molecule has 0 aromatic carbocycles. The maximum Gasteiger partial charge on any atom is 0.191 e. The summed E-state index contributed by atoms with van der Waals surface area (Å²) in [6.07, 6.45) is 4.58. The Labute approximate surface area is 128 Å². The fourth-order valence-electron chi connectivity index (χ4n) is 3.13. The van der Waals surface area contributed by atoms with Gasteiger partial charge in [0, 0.05) is 30.1 Å². The van der Waals surface area contributed by atoms with Crippen LogP contribution in [0.4, 0.5) is 0 Å². The standard InChI is InChI=1S/C15H20N4OS/c1-2-11(16-7-1)12-3-4-13(21-12)15-17-14(18-19-15)10-5-8-20-9-6-10/h3-4,10-11,16H,1-2,5-9H2,(H,17,18,19)/t11-/m0/s1. The summed E-state index contributed by atoms with van der Waals surface area (Å²) in [5.41, 5.74) is 0. The second kappa shape index (κ2) is 5.87. The van der Waals surface area contributed by atoms with Crippen molar-refractivity contribution in [3.63, 3.8) is 0 Å². The number of ether oxygens (including phenoxy) is 1. The molecule has 4 heterocycles. The van der Waals surface area contributed by atoms with Gasteiger partial charge in [-0.2, -0.15) is 5.10 Å². The fourth-order valence-corrected chi connectivity index (χ4v) is 4.18. The topological polar surface area (TPSA) is 62.8 Å². The molecule has 6 heteroatoms. The molecule has 0 spiro atoms. The van der Waals surface area contributed by atoms with Gasteiger partial charge in [-0.25, -0.2) is 4.98 Å². The normalized spacial score (nSPS) is 23.7. The van der Waals surface area contributed by atoms with Crippen molar-refractivity contribution in [1.82, 2.24) is 20.5 Å². The Morgan fingerprint density at radius 3 is 2.90 bits per heavy atom. The molecule has 2 aliphatic rings. The van der Waals surface area contributed by atoms with E-state index in [1.165, 1.54) is 17.7 Å². The highest BCUT2D eigenvalue weighted by atomic mass is 32.1. The Balaban J connectivity index is 1.52. The monoisotopic (exact) mass is 304 g/mol. The first-order chi connectivity index (χ1) is 10.4. The highest BCUT2D eigenvalue weighted by molar-refractivity contribution is 7.15. The van der Waals surface area contributed by atoms with Crippen LogP contribution in [0.15, 0.2) is 12.1 Å².